The highest BCUT2D eigenvalue weighted by atomic mass is 32.2. The maximum Gasteiger partial charge on any atom is 0.245 e. The summed E-state index contributed by atoms with van der Waals surface area (Å²) in [6.45, 7) is 1.25. The van der Waals surface area contributed by atoms with Crippen molar-refractivity contribution in [3.05, 3.63) is 0 Å². The molecule has 0 aromatic carbocycles. The molecule has 2 saturated carbocycles. The van der Waals surface area contributed by atoms with Gasteiger partial charge in [0.25, 0.3) is 0 Å². The quantitative estimate of drug-likeness (QED) is 0.708. The van der Waals surface area contributed by atoms with Crippen molar-refractivity contribution in [2.45, 2.75) is 55.2 Å². The molecule has 144 valence electrons. The number of rotatable bonds is 5. The minimum absolute atomic E-state index is 0.00479. The van der Waals surface area contributed by atoms with E-state index in [0.717, 1.165) is 37.2 Å². The van der Waals surface area contributed by atoms with Gasteiger partial charge in [0.15, 0.2) is 0 Å². The fraction of sp³-hybridized carbons (Fsp3) is 0.833. The van der Waals surface area contributed by atoms with E-state index in [4.69, 9.17) is 0 Å². The fourth-order valence-electron chi connectivity index (χ4n) is 3.82. The number of amides is 3. The highest BCUT2D eigenvalue weighted by molar-refractivity contribution is 8.21. The summed E-state index contributed by atoms with van der Waals surface area (Å²) in [4.78, 5) is 42.0. The molecular formula is C18H27N3O3S2. The highest BCUT2D eigenvalue weighted by Gasteiger charge is 2.59. The molecule has 2 heterocycles. The molecule has 0 bridgehead atoms. The lowest BCUT2D eigenvalue weighted by Gasteiger charge is -2.39. The first-order valence-electron chi connectivity index (χ1n) is 9.61. The van der Waals surface area contributed by atoms with Gasteiger partial charge in [0.05, 0.1) is 0 Å². The summed E-state index contributed by atoms with van der Waals surface area (Å²) in [7, 11) is 1.87. The fourth-order valence-corrected chi connectivity index (χ4v) is 6.60. The van der Waals surface area contributed by atoms with E-state index < -0.39 is 5.41 Å². The minimum atomic E-state index is -0.815. The second kappa shape index (κ2) is 7.26. The monoisotopic (exact) mass is 397 g/mol. The molecule has 1 N–H and O–H groups in total. The van der Waals surface area contributed by atoms with Crippen LogP contribution in [-0.4, -0.2) is 75.8 Å². The third-order valence-electron chi connectivity index (χ3n) is 5.91. The lowest BCUT2D eigenvalue weighted by molar-refractivity contribution is -0.147. The normalized spacial score (nSPS) is 27.9. The molecule has 26 heavy (non-hydrogen) atoms. The van der Waals surface area contributed by atoms with Gasteiger partial charge in [-0.3, -0.25) is 14.4 Å². The summed E-state index contributed by atoms with van der Waals surface area (Å²) in [6, 6.07) is 0.344. The van der Waals surface area contributed by atoms with Gasteiger partial charge >= 0.3 is 0 Å². The molecule has 1 unspecified atom stereocenters. The number of carbonyl (C=O) groups excluding carboxylic acids is 3. The standard InChI is InChI=1S/C18H27N3O3S2/c1-20(14(22)15-25-9-10-26-15)13-3-2-8-21(11-13)17(24)18(6-7-18)16(23)19-12-4-5-12/h12-13,15H,2-11H2,1H3,(H,19,23). The third-order valence-corrected chi connectivity index (χ3v) is 8.87. The average Bonchev–Trinajstić information content (AvgIpc) is 3.58. The van der Waals surface area contributed by atoms with Gasteiger partial charge in [-0.1, -0.05) is 0 Å². The number of thioether (sulfide) groups is 2. The molecule has 4 aliphatic rings. The molecule has 2 aliphatic carbocycles. The number of nitrogens with one attached hydrogen (secondary N) is 1. The van der Waals surface area contributed by atoms with Crippen LogP contribution in [0.25, 0.3) is 0 Å². The maximum absolute atomic E-state index is 13.1. The van der Waals surface area contributed by atoms with Crippen LogP contribution in [0, 0.1) is 5.41 Å². The zero-order valence-electron chi connectivity index (χ0n) is 15.2. The van der Waals surface area contributed by atoms with E-state index in [1.165, 1.54) is 0 Å². The number of hydrogen-bond donors (Lipinski definition) is 1. The Bertz CT molecular complexity index is 600. The Labute approximate surface area is 163 Å². The molecule has 0 radical (unpaired) electrons. The van der Waals surface area contributed by atoms with Crippen LogP contribution < -0.4 is 5.32 Å². The molecule has 0 aromatic heterocycles. The summed E-state index contributed by atoms with van der Waals surface area (Å²) in [5.74, 6) is 2.14. The Kier molecular flexibility index (Phi) is 5.16. The van der Waals surface area contributed by atoms with Crippen molar-refractivity contribution in [2.75, 3.05) is 31.6 Å². The number of nitrogens with zero attached hydrogens (tertiary/aromatic N) is 2. The van der Waals surface area contributed by atoms with Crippen molar-refractivity contribution in [3.63, 3.8) is 0 Å². The van der Waals surface area contributed by atoms with Gasteiger partial charge in [-0.2, -0.15) is 0 Å². The van der Waals surface area contributed by atoms with E-state index >= 15 is 0 Å². The highest BCUT2D eigenvalue weighted by Crippen LogP contribution is 2.48. The molecule has 2 saturated heterocycles. The Hall–Kier alpha value is -0.890. The summed E-state index contributed by atoms with van der Waals surface area (Å²) < 4.78 is 0.00479. The van der Waals surface area contributed by atoms with E-state index in [-0.39, 0.29) is 34.4 Å². The second-order valence-corrected chi connectivity index (χ2v) is 10.6. The van der Waals surface area contributed by atoms with Crippen LogP contribution in [-0.2, 0) is 14.4 Å². The molecule has 6 nitrogen and oxygen atoms in total. The van der Waals surface area contributed by atoms with Crippen molar-refractivity contribution in [1.82, 2.24) is 15.1 Å². The van der Waals surface area contributed by atoms with Gasteiger partial charge in [-0.25, -0.2) is 0 Å². The molecule has 4 fully saturated rings. The van der Waals surface area contributed by atoms with E-state index in [2.05, 4.69) is 5.32 Å². The molecule has 0 aromatic rings. The zero-order valence-corrected chi connectivity index (χ0v) is 16.9. The lowest BCUT2D eigenvalue weighted by atomic mass is 9.99. The van der Waals surface area contributed by atoms with Crippen LogP contribution in [0.5, 0.6) is 0 Å². The summed E-state index contributed by atoms with van der Waals surface area (Å²) >= 11 is 3.44. The van der Waals surface area contributed by atoms with Gasteiger partial charge in [0.1, 0.15) is 10.00 Å². The summed E-state index contributed by atoms with van der Waals surface area (Å²) in [6.07, 6.45) is 5.21. The van der Waals surface area contributed by atoms with Crippen LogP contribution in [0.1, 0.15) is 38.5 Å². The number of piperidine rings is 1. The molecular weight excluding hydrogens is 370 g/mol. The van der Waals surface area contributed by atoms with Crippen LogP contribution in [0.4, 0.5) is 0 Å². The number of likely N-dealkylation sites (tertiary alicyclic amines) is 1. The molecule has 8 heteroatoms. The molecule has 1 atom stereocenters. The summed E-state index contributed by atoms with van der Waals surface area (Å²) in [5, 5.41) is 3.01. The largest absolute Gasteiger partial charge is 0.352 e. The van der Waals surface area contributed by atoms with Gasteiger partial charge in [0.2, 0.25) is 17.7 Å². The van der Waals surface area contributed by atoms with E-state index in [0.29, 0.717) is 25.9 Å². The number of carbonyl (C=O) groups is 3. The van der Waals surface area contributed by atoms with Gasteiger partial charge < -0.3 is 15.1 Å². The van der Waals surface area contributed by atoms with Crippen molar-refractivity contribution in [2.24, 2.45) is 5.41 Å². The van der Waals surface area contributed by atoms with Gasteiger partial charge in [-0.15, -0.1) is 23.5 Å². The first kappa shape index (κ1) is 18.5. The van der Waals surface area contributed by atoms with Crippen molar-refractivity contribution in [1.29, 1.82) is 0 Å². The third kappa shape index (κ3) is 3.59. The zero-order chi connectivity index (χ0) is 18.3. The van der Waals surface area contributed by atoms with Gasteiger partial charge in [-0.05, 0) is 38.5 Å². The van der Waals surface area contributed by atoms with E-state index in [1.54, 1.807) is 23.5 Å². The predicted octanol–water partition coefficient (Wildman–Crippen LogP) is 1.30. The first-order valence-corrected chi connectivity index (χ1v) is 11.7. The Balaban J connectivity index is 1.37. The van der Waals surface area contributed by atoms with Gasteiger partial charge in [0, 0.05) is 43.7 Å². The maximum atomic E-state index is 13.1. The topological polar surface area (TPSA) is 69.7 Å². The number of likely N-dealkylation sites (N-methyl/N-ethyl adjacent to an activating group) is 1. The van der Waals surface area contributed by atoms with Crippen LogP contribution in [0.2, 0.25) is 0 Å². The molecule has 4 rings (SSSR count). The van der Waals surface area contributed by atoms with E-state index in [9.17, 15) is 14.4 Å². The first-order chi connectivity index (χ1) is 12.5. The lowest BCUT2D eigenvalue weighted by Crippen LogP contribution is -2.54. The van der Waals surface area contributed by atoms with E-state index in [1.807, 2.05) is 16.8 Å². The number of hydrogen-bond acceptors (Lipinski definition) is 5. The SMILES string of the molecule is CN(C(=O)C1SCCS1)C1CCCN(C(=O)C2(C(=O)NC3CC3)CC2)C1. The molecule has 2 aliphatic heterocycles. The Morgan fingerprint density at radius 3 is 2.42 bits per heavy atom. The Morgan fingerprint density at radius 2 is 1.81 bits per heavy atom. The Morgan fingerprint density at radius 1 is 1.12 bits per heavy atom. The molecule has 3 amide bonds. The van der Waals surface area contributed by atoms with Crippen LogP contribution in [0.3, 0.4) is 0 Å². The smallest absolute Gasteiger partial charge is 0.245 e. The van der Waals surface area contributed by atoms with Crippen molar-refractivity contribution >= 4 is 41.2 Å². The van der Waals surface area contributed by atoms with Crippen molar-refractivity contribution in [3.8, 4) is 0 Å². The predicted molar refractivity (Wildman–Crippen MR) is 104 cm³/mol. The summed E-state index contributed by atoms with van der Waals surface area (Å²) in [5.41, 5.74) is -0.815. The van der Waals surface area contributed by atoms with Crippen LogP contribution >= 0.6 is 23.5 Å². The average molecular weight is 398 g/mol. The van der Waals surface area contributed by atoms with Crippen molar-refractivity contribution < 1.29 is 14.4 Å². The van der Waals surface area contributed by atoms with Crippen LogP contribution in [0.15, 0.2) is 0 Å². The minimum Gasteiger partial charge on any atom is -0.352 e. The molecule has 0 spiro atoms. The second-order valence-electron chi connectivity index (χ2n) is 7.90.